The van der Waals surface area contributed by atoms with E-state index in [9.17, 15) is 13.2 Å². The van der Waals surface area contributed by atoms with Crippen LogP contribution in [-0.2, 0) is 10.9 Å². The standard InChI is InChI=1S/C21H27F3N4O/c1-2-25-20(28-10-8-19(16-28)27-11-13-29-14-12-27)26-9-4-6-17-5-3-7-18(15-17)21(22,23)24/h3,5,7,15,19H,2,8-14,16H2,1H3,(H,25,26). The Labute approximate surface area is 169 Å². The highest BCUT2D eigenvalue weighted by Gasteiger charge is 2.31. The summed E-state index contributed by atoms with van der Waals surface area (Å²) in [7, 11) is 0. The number of halogens is 3. The number of benzene rings is 1. The van der Waals surface area contributed by atoms with E-state index in [1.54, 1.807) is 6.07 Å². The number of nitrogens with zero attached hydrogens (tertiary/aromatic N) is 3. The first-order valence-electron chi connectivity index (χ1n) is 9.98. The highest BCUT2D eigenvalue weighted by atomic mass is 19.4. The molecule has 3 rings (SSSR count). The van der Waals surface area contributed by atoms with Gasteiger partial charge in [0, 0.05) is 44.3 Å². The van der Waals surface area contributed by atoms with Crippen LogP contribution in [0.15, 0.2) is 29.3 Å². The van der Waals surface area contributed by atoms with Gasteiger partial charge in [0.25, 0.3) is 0 Å². The second kappa shape index (κ2) is 9.99. The average molecular weight is 408 g/mol. The van der Waals surface area contributed by atoms with Crippen molar-refractivity contribution in [3.05, 3.63) is 35.4 Å². The van der Waals surface area contributed by atoms with Crippen LogP contribution in [0.25, 0.3) is 0 Å². The first-order chi connectivity index (χ1) is 14.0. The molecule has 1 unspecified atom stereocenters. The molecule has 1 N–H and O–H groups in total. The predicted molar refractivity (Wildman–Crippen MR) is 107 cm³/mol. The van der Waals surface area contributed by atoms with E-state index < -0.39 is 11.7 Å². The van der Waals surface area contributed by atoms with Gasteiger partial charge in [-0.2, -0.15) is 13.2 Å². The Kier molecular flexibility index (Phi) is 7.40. The Hall–Kier alpha value is -2.24. The molecule has 1 aromatic carbocycles. The molecule has 1 atom stereocenters. The molecule has 2 aliphatic rings. The number of guanidine groups is 1. The van der Waals surface area contributed by atoms with Gasteiger partial charge in [0.05, 0.1) is 18.8 Å². The van der Waals surface area contributed by atoms with E-state index in [0.29, 0.717) is 11.6 Å². The number of aliphatic imine (C=N–C) groups is 1. The van der Waals surface area contributed by atoms with Gasteiger partial charge in [-0.05, 0) is 31.5 Å². The zero-order valence-electron chi connectivity index (χ0n) is 16.6. The van der Waals surface area contributed by atoms with Crippen molar-refractivity contribution in [2.45, 2.75) is 25.6 Å². The first-order valence-corrected chi connectivity index (χ1v) is 9.98. The summed E-state index contributed by atoms with van der Waals surface area (Å²) in [5.41, 5.74) is -0.346. The van der Waals surface area contributed by atoms with Gasteiger partial charge >= 0.3 is 6.18 Å². The third-order valence-corrected chi connectivity index (χ3v) is 5.09. The number of likely N-dealkylation sites (tertiary alicyclic amines) is 1. The zero-order valence-corrected chi connectivity index (χ0v) is 16.6. The third kappa shape index (κ3) is 6.12. The van der Waals surface area contributed by atoms with Gasteiger partial charge in [0.2, 0.25) is 0 Å². The molecule has 0 radical (unpaired) electrons. The molecule has 2 saturated heterocycles. The summed E-state index contributed by atoms with van der Waals surface area (Å²) < 4.78 is 43.8. The normalized spacial score (nSPS) is 21.0. The van der Waals surface area contributed by atoms with Crippen LogP contribution in [0.5, 0.6) is 0 Å². The quantitative estimate of drug-likeness (QED) is 0.474. The molecule has 158 valence electrons. The van der Waals surface area contributed by atoms with Crippen molar-refractivity contribution >= 4 is 5.96 Å². The molecule has 1 aromatic rings. The van der Waals surface area contributed by atoms with Gasteiger partial charge in [-0.1, -0.05) is 17.9 Å². The molecule has 5 nitrogen and oxygen atoms in total. The van der Waals surface area contributed by atoms with Crippen LogP contribution in [-0.4, -0.2) is 74.3 Å². The summed E-state index contributed by atoms with van der Waals surface area (Å²) in [4.78, 5) is 9.26. The van der Waals surface area contributed by atoms with E-state index in [0.717, 1.165) is 70.5 Å². The summed E-state index contributed by atoms with van der Waals surface area (Å²) in [6.45, 7) is 8.34. The van der Waals surface area contributed by atoms with Crippen LogP contribution in [0, 0.1) is 11.8 Å². The van der Waals surface area contributed by atoms with Crippen LogP contribution < -0.4 is 5.32 Å². The Morgan fingerprint density at radius 2 is 2.07 bits per heavy atom. The summed E-state index contributed by atoms with van der Waals surface area (Å²) in [5.74, 6) is 6.46. The molecule has 2 fully saturated rings. The van der Waals surface area contributed by atoms with Crippen LogP contribution >= 0.6 is 0 Å². The Bertz CT molecular complexity index is 763. The van der Waals surface area contributed by atoms with Crippen LogP contribution in [0.2, 0.25) is 0 Å². The fourth-order valence-corrected chi connectivity index (χ4v) is 3.63. The summed E-state index contributed by atoms with van der Waals surface area (Å²) in [5, 5.41) is 3.29. The van der Waals surface area contributed by atoms with Crippen molar-refractivity contribution in [3.8, 4) is 11.8 Å². The molecular formula is C21H27F3N4O. The molecule has 0 aliphatic carbocycles. The lowest BCUT2D eigenvalue weighted by atomic mass is 10.1. The number of nitrogens with one attached hydrogen (secondary N) is 1. The van der Waals surface area contributed by atoms with E-state index in [1.165, 1.54) is 6.07 Å². The van der Waals surface area contributed by atoms with E-state index in [2.05, 4.69) is 31.9 Å². The van der Waals surface area contributed by atoms with E-state index in [4.69, 9.17) is 4.74 Å². The molecule has 2 heterocycles. The molecule has 0 saturated carbocycles. The molecule has 2 aliphatic heterocycles. The lowest BCUT2D eigenvalue weighted by Gasteiger charge is -2.32. The molecule has 8 heteroatoms. The maximum absolute atomic E-state index is 12.8. The number of rotatable bonds is 3. The van der Waals surface area contributed by atoms with Gasteiger partial charge in [0.1, 0.15) is 6.54 Å². The van der Waals surface area contributed by atoms with Crippen LogP contribution in [0.4, 0.5) is 13.2 Å². The lowest BCUT2D eigenvalue weighted by molar-refractivity contribution is -0.137. The topological polar surface area (TPSA) is 40.1 Å². The van der Waals surface area contributed by atoms with Gasteiger partial charge in [-0.25, -0.2) is 4.99 Å². The van der Waals surface area contributed by atoms with Crippen LogP contribution in [0.3, 0.4) is 0 Å². The fraction of sp³-hybridized carbons (Fsp3) is 0.571. The van der Waals surface area contributed by atoms with Crippen molar-refractivity contribution in [3.63, 3.8) is 0 Å². The molecule has 0 aromatic heterocycles. The van der Waals surface area contributed by atoms with E-state index in [-0.39, 0.29) is 6.54 Å². The molecule has 0 bridgehead atoms. The number of hydrogen-bond acceptors (Lipinski definition) is 3. The summed E-state index contributed by atoms with van der Waals surface area (Å²) in [6.07, 6.45) is -3.28. The van der Waals surface area contributed by atoms with E-state index >= 15 is 0 Å². The number of ether oxygens (including phenoxy) is 1. The minimum absolute atomic E-state index is 0.233. The largest absolute Gasteiger partial charge is 0.416 e. The van der Waals surface area contributed by atoms with E-state index in [1.807, 2.05) is 6.92 Å². The molecular weight excluding hydrogens is 381 g/mol. The molecule has 0 amide bonds. The van der Waals surface area contributed by atoms with Crippen molar-refractivity contribution in [2.75, 3.05) is 52.5 Å². The zero-order chi connectivity index (χ0) is 20.7. The van der Waals surface area contributed by atoms with Gasteiger partial charge < -0.3 is 15.0 Å². The van der Waals surface area contributed by atoms with Crippen LogP contribution in [0.1, 0.15) is 24.5 Å². The minimum atomic E-state index is -4.36. The number of alkyl halides is 3. The molecule has 29 heavy (non-hydrogen) atoms. The van der Waals surface area contributed by atoms with Crippen molar-refractivity contribution in [1.82, 2.24) is 15.1 Å². The minimum Gasteiger partial charge on any atom is -0.379 e. The smallest absolute Gasteiger partial charge is 0.379 e. The predicted octanol–water partition coefficient (Wildman–Crippen LogP) is 2.43. The SMILES string of the molecule is CCNC(=NCC#Cc1cccc(C(F)(F)F)c1)N1CCC(N2CCOCC2)C1. The highest BCUT2D eigenvalue weighted by Crippen LogP contribution is 2.29. The second-order valence-corrected chi connectivity index (χ2v) is 7.09. The molecule has 0 spiro atoms. The Balaban J connectivity index is 1.60. The van der Waals surface area contributed by atoms with Gasteiger partial charge in [-0.3, -0.25) is 4.90 Å². The average Bonchev–Trinajstić information content (AvgIpc) is 3.21. The lowest BCUT2D eigenvalue weighted by Crippen LogP contribution is -2.46. The fourth-order valence-electron chi connectivity index (χ4n) is 3.63. The maximum atomic E-state index is 12.8. The number of hydrogen-bond donors (Lipinski definition) is 1. The summed E-state index contributed by atoms with van der Waals surface area (Å²) in [6, 6.07) is 5.56. The first kappa shape index (κ1) is 21.5. The van der Waals surface area contributed by atoms with Crippen molar-refractivity contribution in [2.24, 2.45) is 4.99 Å². The second-order valence-electron chi connectivity index (χ2n) is 7.09. The number of morpholine rings is 1. The third-order valence-electron chi connectivity index (χ3n) is 5.09. The van der Waals surface area contributed by atoms with Gasteiger partial charge in [0.15, 0.2) is 5.96 Å². The highest BCUT2D eigenvalue weighted by molar-refractivity contribution is 5.80. The Morgan fingerprint density at radius 3 is 2.79 bits per heavy atom. The monoisotopic (exact) mass is 408 g/mol. The van der Waals surface area contributed by atoms with Crippen molar-refractivity contribution < 1.29 is 17.9 Å². The summed E-state index contributed by atoms with van der Waals surface area (Å²) >= 11 is 0. The Morgan fingerprint density at radius 1 is 1.28 bits per heavy atom. The van der Waals surface area contributed by atoms with Crippen molar-refractivity contribution in [1.29, 1.82) is 0 Å². The maximum Gasteiger partial charge on any atom is 0.416 e. The van der Waals surface area contributed by atoms with Gasteiger partial charge in [-0.15, -0.1) is 0 Å².